The van der Waals surface area contributed by atoms with Gasteiger partial charge in [0.2, 0.25) is 0 Å². The minimum Gasteiger partial charge on any atom is -0.350 e. The summed E-state index contributed by atoms with van der Waals surface area (Å²) < 4.78 is 36.0. The van der Waals surface area contributed by atoms with E-state index in [-0.39, 0.29) is 0 Å². The molecule has 0 bridgehead atoms. The zero-order valence-corrected chi connectivity index (χ0v) is 5.67. The summed E-state index contributed by atoms with van der Waals surface area (Å²) in [6.07, 6.45) is -3.43. The Bertz CT molecular complexity index is 303. The third-order valence-corrected chi connectivity index (χ3v) is 1.14. The van der Waals surface area contributed by atoms with Crippen LogP contribution in [0.2, 0.25) is 0 Å². The van der Waals surface area contributed by atoms with Crippen molar-refractivity contribution < 1.29 is 18.0 Å². The fourth-order valence-corrected chi connectivity index (χ4v) is 0.590. The van der Waals surface area contributed by atoms with Gasteiger partial charge in [-0.3, -0.25) is 0 Å². The molecule has 0 fully saturated rings. The van der Waals surface area contributed by atoms with Gasteiger partial charge in [0.05, 0.1) is 11.8 Å². The number of halogens is 3. The molecule has 1 heterocycles. The highest BCUT2D eigenvalue weighted by Crippen LogP contribution is 2.28. The maximum atomic E-state index is 11.9. The van der Waals surface area contributed by atoms with Crippen LogP contribution in [-0.2, 0) is 6.18 Å². The summed E-state index contributed by atoms with van der Waals surface area (Å²) >= 11 is 0. The Morgan fingerprint density at radius 1 is 1.58 bits per heavy atom. The first-order valence-electron chi connectivity index (χ1n) is 2.83. The Hall–Kier alpha value is -1.53. The van der Waals surface area contributed by atoms with Crippen LogP contribution in [0.15, 0.2) is 12.4 Å². The molecule has 1 rings (SSSR count). The molecule has 0 aliphatic carbocycles. The third-order valence-electron chi connectivity index (χ3n) is 1.14. The topological polar surface area (TPSA) is 60.9 Å². The quantitative estimate of drug-likeness (QED) is 0.641. The molecule has 2 N–H and O–H groups in total. The summed E-state index contributed by atoms with van der Waals surface area (Å²) in [6, 6.07) is -1.05. The number of carbonyl (C=O) groups excluding carboxylic acids is 1. The lowest BCUT2D eigenvalue weighted by Gasteiger charge is -1.99. The maximum absolute atomic E-state index is 11.9. The Morgan fingerprint density at radius 2 is 2.17 bits per heavy atom. The van der Waals surface area contributed by atoms with Crippen LogP contribution >= 0.6 is 0 Å². The van der Waals surface area contributed by atoms with Crippen LogP contribution in [0.3, 0.4) is 0 Å². The molecule has 1 aromatic heterocycles. The van der Waals surface area contributed by atoms with Crippen LogP contribution < -0.4 is 5.73 Å². The molecule has 66 valence electrons. The van der Waals surface area contributed by atoms with Crippen molar-refractivity contribution in [2.24, 2.45) is 5.73 Å². The second kappa shape index (κ2) is 2.50. The Kier molecular flexibility index (Phi) is 1.79. The van der Waals surface area contributed by atoms with Gasteiger partial charge in [-0.1, -0.05) is 0 Å². The summed E-state index contributed by atoms with van der Waals surface area (Å²) in [5.74, 6) is 0. The van der Waals surface area contributed by atoms with Gasteiger partial charge in [-0.2, -0.15) is 23.0 Å². The number of nitrogens with two attached hydrogens (primary N) is 1. The van der Waals surface area contributed by atoms with E-state index < -0.39 is 17.8 Å². The summed E-state index contributed by atoms with van der Waals surface area (Å²) in [5.41, 5.74) is 3.67. The molecule has 4 nitrogen and oxygen atoms in total. The zero-order valence-electron chi connectivity index (χ0n) is 5.67. The van der Waals surface area contributed by atoms with E-state index in [1.54, 1.807) is 0 Å². The molecule has 0 aromatic carbocycles. The number of alkyl halides is 3. The summed E-state index contributed by atoms with van der Waals surface area (Å²) in [5, 5.41) is 3.10. The molecular weight excluding hydrogens is 175 g/mol. The van der Waals surface area contributed by atoms with Crippen molar-refractivity contribution in [1.29, 1.82) is 0 Å². The van der Waals surface area contributed by atoms with Crippen LogP contribution in [0.25, 0.3) is 0 Å². The number of rotatable bonds is 0. The molecule has 12 heavy (non-hydrogen) atoms. The number of carbonyl (C=O) groups is 1. The van der Waals surface area contributed by atoms with E-state index in [0.29, 0.717) is 17.1 Å². The molecule has 0 saturated carbocycles. The van der Waals surface area contributed by atoms with Gasteiger partial charge in [0, 0.05) is 6.20 Å². The maximum Gasteiger partial charge on any atom is 0.419 e. The van der Waals surface area contributed by atoms with Crippen LogP contribution in [-0.4, -0.2) is 15.8 Å². The molecule has 0 aliphatic rings. The summed E-state index contributed by atoms with van der Waals surface area (Å²) in [6.45, 7) is 0. The predicted octanol–water partition coefficient (Wildman–Crippen LogP) is 0.829. The van der Waals surface area contributed by atoms with Crippen molar-refractivity contribution in [3.05, 3.63) is 18.0 Å². The smallest absolute Gasteiger partial charge is 0.350 e. The van der Waals surface area contributed by atoms with Crippen molar-refractivity contribution >= 4 is 6.03 Å². The summed E-state index contributed by atoms with van der Waals surface area (Å²) in [4.78, 5) is 10.3. The number of amides is 1. The molecule has 0 aliphatic heterocycles. The molecule has 0 unspecified atom stereocenters. The van der Waals surface area contributed by atoms with Gasteiger partial charge >= 0.3 is 12.2 Å². The lowest BCUT2D eigenvalue weighted by Crippen LogP contribution is -2.19. The Morgan fingerprint density at radius 3 is 2.42 bits per heavy atom. The van der Waals surface area contributed by atoms with Crippen molar-refractivity contribution in [1.82, 2.24) is 9.78 Å². The van der Waals surface area contributed by atoms with Gasteiger partial charge in [0.1, 0.15) is 0 Å². The number of aromatic nitrogens is 2. The predicted molar refractivity (Wildman–Crippen MR) is 32.2 cm³/mol. The highest BCUT2D eigenvalue weighted by Gasteiger charge is 2.32. The van der Waals surface area contributed by atoms with Crippen molar-refractivity contribution in [2.45, 2.75) is 6.18 Å². The molecule has 7 heteroatoms. The first-order valence-corrected chi connectivity index (χ1v) is 2.83. The van der Waals surface area contributed by atoms with E-state index in [0.717, 1.165) is 0 Å². The monoisotopic (exact) mass is 179 g/mol. The van der Waals surface area contributed by atoms with E-state index in [4.69, 9.17) is 0 Å². The van der Waals surface area contributed by atoms with Crippen molar-refractivity contribution in [2.75, 3.05) is 0 Å². The minimum atomic E-state index is -4.49. The van der Waals surface area contributed by atoms with Crippen LogP contribution in [0.5, 0.6) is 0 Å². The molecule has 1 amide bonds. The van der Waals surface area contributed by atoms with Gasteiger partial charge in [0.25, 0.3) is 0 Å². The first kappa shape index (κ1) is 8.57. The van der Waals surface area contributed by atoms with E-state index >= 15 is 0 Å². The van der Waals surface area contributed by atoms with Crippen molar-refractivity contribution in [3.63, 3.8) is 0 Å². The van der Waals surface area contributed by atoms with Crippen molar-refractivity contribution in [3.8, 4) is 0 Å². The van der Waals surface area contributed by atoms with Gasteiger partial charge in [-0.15, -0.1) is 0 Å². The fraction of sp³-hybridized carbons (Fsp3) is 0.200. The summed E-state index contributed by atoms with van der Waals surface area (Å²) in [7, 11) is 0. The number of nitrogens with zero attached hydrogens (tertiary/aromatic N) is 2. The van der Waals surface area contributed by atoms with Gasteiger partial charge in [0.15, 0.2) is 0 Å². The fourth-order valence-electron chi connectivity index (χ4n) is 0.590. The second-order valence-corrected chi connectivity index (χ2v) is 2.01. The first-order chi connectivity index (χ1) is 5.41. The lowest BCUT2D eigenvalue weighted by molar-refractivity contribution is -0.137. The molecule has 0 spiro atoms. The number of hydrogen-bond donors (Lipinski definition) is 1. The highest BCUT2D eigenvalue weighted by molar-refractivity contribution is 5.73. The van der Waals surface area contributed by atoms with Gasteiger partial charge < -0.3 is 5.73 Å². The largest absolute Gasteiger partial charge is 0.419 e. The molecule has 0 radical (unpaired) electrons. The van der Waals surface area contributed by atoms with Gasteiger partial charge in [-0.25, -0.2) is 4.79 Å². The van der Waals surface area contributed by atoms with E-state index in [9.17, 15) is 18.0 Å². The normalized spacial score (nSPS) is 11.6. The van der Waals surface area contributed by atoms with Crippen LogP contribution in [0.1, 0.15) is 5.56 Å². The van der Waals surface area contributed by atoms with Crippen LogP contribution in [0, 0.1) is 0 Å². The number of primary amides is 1. The Labute approximate surface area is 64.8 Å². The zero-order chi connectivity index (χ0) is 9.35. The van der Waals surface area contributed by atoms with E-state index in [1.807, 2.05) is 0 Å². The van der Waals surface area contributed by atoms with Crippen LogP contribution in [0.4, 0.5) is 18.0 Å². The lowest BCUT2D eigenvalue weighted by atomic mass is 10.4. The third kappa shape index (κ3) is 1.55. The van der Waals surface area contributed by atoms with E-state index in [1.165, 1.54) is 0 Å². The minimum absolute atomic E-state index is 0.419. The average Bonchev–Trinajstić information content (AvgIpc) is 2.30. The second-order valence-electron chi connectivity index (χ2n) is 2.01. The van der Waals surface area contributed by atoms with E-state index in [2.05, 4.69) is 10.8 Å². The number of hydrogen-bond acceptors (Lipinski definition) is 2. The van der Waals surface area contributed by atoms with Gasteiger partial charge in [-0.05, 0) is 0 Å². The molecule has 0 saturated heterocycles. The molecule has 0 atom stereocenters. The Balaban J connectivity index is 3.00. The SMILES string of the molecule is NC(=O)n1cc(C(F)(F)F)cn1. The average molecular weight is 179 g/mol. The standard InChI is InChI=1S/C5H4F3N3O/c6-5(7,8)3-1-10-11(2-3)4(9)12/h1-2H,(H2,9,12). The molecular formula is C5H4F3N3O. The molecule has 1 aromatic rings. The highest BCUT2D eigenvalue weighted by atomic mass is 19.4.